The number of nitrogens with two attached hydrogens (primary N) is 2. The van der Waals surface area contributed by atoms with Crippen molar-refractivity contribution in [2.24, 2.45) is 40.6 Å². The fourth-order valence-electron chi connectivity index (χ4n) is 5.25. The lowest BCUT2D eigenvalue weighted by atomic mass is 9.80. The molecule has 4 atom stereocenters. The summed E-state index contributed by atoms with van der Waals surface area (Å²) in [7, 11) is 3.24. The average Bonchev–Trinajstić information content (AvgIpc) is 3.03. The van der Waals surface area contributed by atoms with Gasteiger partial charge in [0.25, 0.3) is 5.09 Å². The minimum atomic E-state index is -0.945. The number of hydrogen-bond acceptors (Lipinski definition) is 11. The zero-order chi connectivity index (χ0) is 37.1. The molecule has 0 aromatic heterocycles. The van der Waals surface area contributed by atoms with E-state index in [1.54, 1.807) is 28.1 Å². The van der Waals surface area contributed by atoms with Crippen molar-refractivity contribution in [2.45, 2.75) is 98.6 Å². The second-order valence-electron chi connectivity index (χ2n) is 13.9. The van der Waals surface area contributed by atoms with E-state index in [9.17, 15) is 24.5 Å². The number of unbranched alkanes of at least 4 members (excludes halogenated alkanes) is 1. The molecule has 1 aromatic rings. The number of nitrogens with zero attached hydrogens (tertiary/aromatic N) is 1. The summed E-state index contributed by atoms with van der Waals surface area (Å²) in [5.41, 5.74) is 12.4. The predicted octanol–water partition coefficient (Wildman–Crippen LogP) is 4.22. The number of hydrogen-bond donors (Lipinski definition) is 3. The van der Waals surface area contributed by atoms with Gasteiger partial charge in [-0.15, -0.1) is 10.1 Å². The summed E-state index contributed by atoms with van der Waals surface area (Å²) in [6.07, 6.45) is 1.94. The maximum absolute atomic E-state index is 13.4. The van der Waals surface area contributed by atoms with Crippen LogP contribution in [-0.4, -0.2) is 75.6 Å². The van der Waals surface area contributed by atoms with Gasteiger partial charge in [-0.2, -0.15) is 0 Å². The number of primary amides is 1. The van der Waals surface area contributed by atoms with Crippen LogP contribution in [0.5, 0.6) is 11.5 Å². The highest BCUT2D eigenvalue weighted by molar-refractivity contribution is 5.83. The number of carbonyl (C=O) groups is 3. The highest BCUT2D eigenvalue weighted by Gasteiger charge is 2.34. The van der Waals surface area contributed by atoms with E-state index >= 15 is 0 Å². The Kier molecular flexibility index (Phi) is 19.6. The molecule has 14 nitrogen and oxygen atoms in total. The Morgan fingerprint density at radius 1 is 0.959 bits per heavy atom. The van der Waals surface area contributed by atoms with Crippen molar-refractivity contribution in [2.75, 3.05) is 40.6 Å². The first-order chi connectivity index (χ1) is 23.0. The standard InChI is InChI=1S/C35H60N4O10/c1-23(2)26(18-25-13-14-29(46-8)31(19-25)47-16-11-15-45-7)20-28(36)30(49-32(40)12-9-10-17-48-39(43)44)21-27(24(3)4)33(41)38-22-35(5,6)34(37)42/h13-14,19,23-24,26-28,30H,9-12,15-18,20-22,36H2,1-8H3,(H2,37,42)(H,38,41). The second kappa shape index (κ2) is 22.1. The first-order valence-electron chi connectivity index (χ1n) is 17.1. The molecule has 0 aliphatic carbocycles. The molecule has 0 fully saturated rings. The van der Waals surface area contributed by atoms with E-state index in [0.717, 1.165) is 12.0 Å². The van der Waals surface area contributed by atoms with Crippen molar-refractivity contribution in [1.82, 2.24) is 5.32 Å². The Labute approximate surface area is 291 Å². The Morgan fingerprint density at radius 2 is 1.65 bits per heavy atom. The number of rotatable bonds is 26. The molecule has 1 aromatic carbocycles. The highest BCUT2D eigenvalue weighted by atomic mass is 16.9. The topological polar surface area (TPSA) is 205 Å². The van der Waals surface area contributed by atoms with E-state index in [-0.39, 0.29) is 49.7 Å². The highest BCUT2D eigenvalue weighted by Crippen LogP contribution is 2.32. The van der Waals surface area contributed by atoms with Crippen LogP contribution in [0.3, 0.4) is 0 Å². The maximum atomic E-state index is 13.4. The molecule has 4 unspecified atom stereocenters. The summed E-state index contributed by atoms with van der Waals surface area (Å²) in [6, 6.07) is 5.24. The number of ether oxygens (including phenoxy) is 4. The lowest BCUT2D eigenvalue weighted by Gasteiger charge is -2.33. The van der Waals surface area contributed by atoms with Crippen LogP contribution in [-0.2, 0) is 35.1 Å². The number of methoxy groups -OCH3 is 2. The Bertz CT molecular complexity index is 1180. The van der Waals surface area contributed by atoms with Gasteiger partial charge in [0.15, 0.2) is 11.5 Å². The van der Waals surface area contributed by atoms with Gasteiger partial charge in [-0.1, -0.05) is 33.8 Å². The molecule has 0 bridgehead atoms. The van der Waals surface area contributed by atoms with Crippen LogP contribution in [0.2, 0.25) is 0 Å². The SMILES string of the molecule is COCCCOc1cc(CC(CC(N)C(CC(C(=O)NCC(C)(C)C(N)=O)C(C)C)OC(=O)CCCCO[N+](=O)[O-])C(C)C)ccc1OC. The van der Waals surface area contributed by atoms with Gasteiger partial charge in [-0.25, -0.2) is 0 Å². The summed E-state index contributed by atoms with van der Waals surface area (Å²) in [6.45, 7) is 12.3. The quantitative estimate of drug-likeness (QED) is 0.0541. The molecule has 49 heavy (non-hydrogen) atoms. The molecule has 1 rings (SSSR count). The van der Waals surface area contributed by atoms with Gasteiger partial charge in [0.05, 0.1) is 25.7 Å². The van der Waals surface area contributed by atoms with Gasteiger partial charge in [0, 0.05) is 45.1 Å². The van der Waals surface area contributed by atoms with Gasteiger partial charge in [0.2, 0.25) is 11.8 Å². The smallest absolute Gasteiger partial charge is 0.306 e. The summed E-state index contributed by atoms with van der Waals surface area (Å²) in [5, 5.41) is 12.4. The first kappa shape index (κ1) is 43.4. The van der Waals surface area contributed by atoms with Crippen molar-refractivity contribution in [3.05, 3.63) is 33.9 Å². The lowest BCUT2D eigenvalue weighted by Crippen LogP contribution is -2.47. The van der Waals surface area contributed by atoms with E-state index < -0.39 is 40.4 Å². The van der Waals surface area contributed by atoms with Gasteiger partial charge < -0.3 is 40.6 Å². The van der Waals surface area contributed by atoms with E-state index in [1.807, 2.05) is 32.0 Å². The summed E-state index contributed by atoms with van der Waals surface area (Å²) in [5.74, 6) is -0.448. The summed E-state index contributed by atoms with van der Waals surface area (Å²) >= 11 is 0. The third kappa shape index (κ3) is 16.5. The van der Waals surface area contributed by atoms with Gasteiger partial charge in [-0.3, -0.25) is 14.4 Å². The Balaban J connectivity index is 3.20. The molecular formula is C35H60N4O10. The van der Waals surface area contributed by atoms with E-state index in [4.69, 9.17) is 30.4 Å². The average molecular weight is 697 g/mol. The van der Waals surface area contributed by atoms with Crippen LogP contribution in [0.15, 0.2) is 18.2 Å². The molecule has 0 spiro atoms. The minimum absolute atomic E-state index is 0.0161. The van der Waals surface area contributed by atoms with E-state index in [0.29, 0.717) is 50.4 Å². The van der Waals surface area contributed by atoms with Crippen LogP contribution in [0.4, 0.5) is 0 Å². The van der Waals surface area contributed by atoms with Crippen LogP contribution in [0.25, 0.3) is 0 Å². The largest absolute Gasteiger partial charge is 0.493 e. The number of benzene rings is 1. The fraction of sp³-hybridized carbons (Fsp3) is 0.743. The molecule has 0 radical (unpaired) electrons. The summed E-state index contributed by atoms with van der Waals surface area (Å²) < 4.78 is 22.6. The fourth-order valence-corrected chi connectivity index (χ4v) is 5.25. The molecule has 280 valence electrons. The first-order valence-corrected chi connectivity index (χ1v) is 17.1. The Morgan fingerprint density at radius 3 is 2.22 bits per heavy atom. The number of carbonyl (C=O) groups excluding carboxylic acids is 3. The molecule has 0 heterocycles. The number of esters is 1. The molecule has 0 aliphatic heterocycles. The van der Waals surface area contributed by atoms with E-state index in [2.05, 4.69) is 24.0 Å². The van der Waals surface area contributed by atoms with Crippen LogP contribution in [0.1, 0.15) is 85.6 Å². The molecule has 0 aliphatic rings. The maximum Gasteiger partial charge on any atom is 0.306 e. The normalized spacial score (nSPS) is 14.1. The zero-order valence-electron chi connectivity index (χ0n) is 30.7. The third-order valence-electron chi connectivity index (χ3n) is 8.73. The molecule has 14 heteroatoms. The number of nitrogens with one attached hydrogen (secondary N) is 1. The predicted molar refractivity (Wildman–Crippen MR) is 185 cm³/mol. The van der Waals surface area contributed by atoms with Crippen molar-refractivity contribution >= 4 is 17.8 Å². The second-order valence-corrected chi connectivity index (χ2v) is 13.9. The van der Waals surface area contributed by atoms with Crippen LogP contribution >= 0.6 is 0 Å². The van der Waals surface area contributed by atoms with Crippen molar-refractivity contribution in [3.63, 3.8) is 0 Å². The van der Waals surface area contributed by atoms with E-state index in [1.165, 1.54) is 0 Å². The van der Waals surface area contributed by atoms with Crippen LogP contribution in [0, 0.1) is 39.2 Å². The molecular weight excluding hydrogens is 636 g/mol. The van der Waals surface area contributed by atoms with Crippen molar-refractivity contribution < 1.29 is 43.3 Å². The minimum Gasteiger partial charge on any atom is -0.493 e. The molecule has 0 saturated heterocycles. The third-order valence-corrected chi connectivity index (χ3v) is 8.73. The van der Waals surface area contributed by atoms with Gasteiger partial charge in [0.1, 0.15) is 6.10 Å². The van der Waals surface area contributed by atoms with Crippen LogP contribution < -0.4 is 26.3 Å². The van der Waals surface area contributed by atoms with Gasteiger partial charge in [-0.05, 0) is 81.4 Å². The van der Waals surface area contributed by atoms with Crippen molar-refractivity contribution in [3.8, 4) is 11.5 Å². The van der Waals surface area contributed by atoms with Crippen molar-refractivity contribution in [1.29, 1.82) is 0 Å². The van der Waals surface area contributed by atoms with Gasteiger partial charge >= 0.3 is 5.97 Å². The monoisotopic (exact) mass is 696 g/mol. The summed E-state index contributed by atoms with van der Waals surface area (Å²) in [4.78, 5) is 53.0. The zero-order valence-corrected chi connectivity index (χ0v) is 30.7. The molecule has 2 amide bonds. The Hall–Kier alpha value is -3.65. The number of amides is 2. The molecule has 0 saturated carbocycles. The molecule has 5 N–H and O–H groups in total. The lowest BCUT2D eigenvalue weighted by molar-refractivity contribution is -0.757.